The summed E-state index contributed by atoms with van der Waals surface area (Å²) >= 11 is 0. The van der Waals surface area contributed by atoms with E-state index in [-0.39, 0.29) is 25.0 Å². The van der Waals surface area contributed by atoms with Crippen molar-refractivity contribution in [2.45, 2.75) is 50.7 Å². The molecule has 108 valence electrons. The van der Waals surface area contributed by atoms with Crippen LogP contribution in [-0.2, 0) is 19.1 Å². The summed E-state index contributed by atoms with van der Waals surface area (Å²) in [6.07, 6.45) is 3.62. The number of rotatable bonds is 7. The zero-order valence-electron chi connectivity index (χ0n) is 10.8. The number of carbonyl (C=O) groups excluding carboxylic acids is 2. The molecule has 0 unspecified atom stereocenters. The van der Waals surface area contributed by atoms with Crippen molar-refractivity contribution in [1.29, 1.82) is 0 Å². The number of esters is 1. The Morgan fingerprint density at radius 3 is 2.53 bits per heavy atom. The molecular formula is C12H20N2O5. The Hall–Kier alpha value is -1.63. The molecule has 1 amide bonds. The maximum Gasteiger partial charge on any atom is 0.307 e. The average Bonchev–Trinajstić information content (AvgIpc) is 2.80. The van der Waals surface area contributed by atoms with Gasteiger partial charge in [-0.25, -0.2) is 0 Å². The predicted octanol–water partition coefficient (Wildman–Crippen LogP) is -0.220. The molecule has 7 nitrogen and oxygen atoms in total. The number of carboxylic acid groups (broad SMARTS) is 1. The van der Waals surface area contributed by atoms with E-state index in [1.807, 2.05) is 0 Å². The molecule has 0 bridgehead atoms. The molecule has 0 spiro atoms. The third kappa shape index (κ3) is 6.19. The van der Waals surface area contributed by atoms with Crippen LogP contribution in [-0.4, -0.2) is 41.6 Å². The standard InChI is InChI=1S/C12H20N2O5/c13-9(7-10(15)16)12(18)14-6-5-11(17)19-8-3-1-2-4-8/h8-9H,1-7,13H2,(H,14,18)(H,15,16)/t9-/m1/s1. The van der Waals surface area contributed by atoms with Gasteiger partial charge < -0.3 is 20.9 Å². The van der Waals surface area contributed by atoms with E-state index in [1.54, 1.807) is 0 Å². The van der Waals surface area contributed by atoms with E-state index in [0.717, 1.165) is 25.7 Å². The second-order valence-electron chi connectivity index (χ2n) is 4.64. The van der Waals surface area contributed by atoms with Crippen molar-refractivity contribution in [1.82, 2.24) is 5.32 Å². The van der Waals surface area contributed by atoms with Crippen LogP contribution in [0.4, 0.5) is 0 Å². The van der Waals surface area contributed by atoms with Crippen molar-refractivity contribution >= 4 is 17.8 Å². The zero-order valence-corrected chi connectivity index (χ0v) is 10.8. The summed E-state index contributed by atoms with van der Waals surface area (Å²) in [6, 6.07) is -1.09. The van der Waals surface area contributed by atoms with Crippen molar-refractivity contribution < 1.29 is 24.2 Å². The quantitative estimate of drug-likeness (QED) is 0.551. The molecule has 1 fully saturated rings. The molecule has 1 aliphatic rings. The maximum absolute atomic E-state index is 11.4. The molecule has 0 aromatic heterocycles. The van der Waals surface area contributed by atoms with Gasteiger partial charge in [0.1, 0.15) is 6.10 Å². The van der Waals surface area contributed by atoms with Crippen LogP contribution in [0.15, 0.2) is 0 Å². The van der Waals surface area contributed by atoms with Crippen LogP contribution >= 0.6 is 0 Å². The maximum atomic E-state index is 11.4. The molecule has 1 atom stereocenters. The van der Waals surface area contributed by atoms with Crippen molar-refractivity contribution in [3.05, 3.63) is 0 Å². The molecule has 0 aromatic carbocycles. The lowest BCUT2D eigenvalue weighted by Gasteiger charge is -2.12. The van der Waals surface area contributed by atoms with E-state index in [0.29, 0.717) is 0 Å². The lowest BCUT2D eigenvalue weighted by atomic mass is 10.2. The molecular weight excluding hydrogens is 252 g/mol. The van der Waals surface area contributed by atoms with E-state index < -0.39 is 24.3 Å². The van der Waals surface area contributed by atoms with Crippen LogP contribution < -0.4 is 11.1 Å². The topological polar surface area (TPSA) is 119 Å². The summed E-state index contributed by atoms with van der Waals surface area (Å²) < 4.78 is 5.20. The molecule has 1 aliphatic carbocycles. The highest BCUT2D eigenvalue weighted by atomic mass is 16.5. The minimum atomic E-state index is -1.14. The normalized spacial score (nSPS) is 16.9. The Bertz CT molecular complexity index is 339. The van der Waals surface area contributed by atoms with Gasteiger partial charge in [-0.3, -0.25) is 14.4 Å². The zero-order chi connectivity index (χ0) is 14.3. The minimum absolute atomic E-state index is 0.0115. The third-order valence-electron chi connectivity index (χ3n) is 2.96. The van der Waals surface area contributed by atoms with Gasteiger partial charge in [0.2, 0.25) is 5.91 Å². The first-order valence-corrected chi connectivity index (χ1v) is 6.43. The average molecular weight is 272 g/mol. The van der Waals surface area contributed by atoms with Gasteiger partial charge in [-0.05, 0) is 25.7 Å². The highest BCUT2D eigenvalue weighted by Gasteiger charge is 2.20. The first-order chi connectivity index (χ1) is 8.99. The second kappa shape index (κ2) is 7.73. The van der Waals surface area contributed by atoms with Gasteiger partial charge in [0.05, 0.1) is 18.9 Å². The fourth-order valence-corrected chi connectivity index (χ4v) is 1.95. The Morgan fingerprint density at radius 1 is 1.32 bits per heavy atom. The number of nitrogens with one attached hydrogen (secondary N) is 1. The Morgan fingerprint density at radius 2 is 1.95 bits per heavy atom. The summed E-state index contributed by atoms with van der Waals surface area (Å²) in [4.78, 5) is 33.1. The molecule has 7 heteroatoms. The van der Waals surface area contributed by atoms with E-state index in [9.17, 15) is 14.4 Å². The number of carboxylic acids is 1. The van der Waals surface area contributed by atoms with Gasteiger partial charge in [0.25, 0.3) is 0 Å². The lowest BCUT2D eigenvalue weighted by molar-refractivity contribution is -0.148. The summed E-state index contributed by atoms with van der Waals surface area (Å²) in [5.41, 5.74) is 5.36. The third-order valence-corrected chi connectivity index (χ3v) is 2.96. The van der Waals surface area contributed by atoms with Gasteiger partial charge in [-0.15, -0.1) is 0 Å². The largest absolute Gasteiger partial charge is 0.481 e. The summed E-state index contributed by atoms with van der Waals surface area (Å²) in [7, 11) is 0. The number of aliphatic carboxylic acids is 1. The van der Waals surface area contributed by atoms with Crippen LogP contribution in [0.25, 0.3) is 0 Å². The number of amides is 1. The smallest absolute Gasteiger partial charge is 0.307 e. The number of hydrogen-bond donors (Lipinski definition) is 3. The van der Waals surface area contributed by atoms with E-state index >= 15 is 0 Å². The number of carbonyl (C=O) groups is 3. The van der Waals surface area contributed by atoms with Crippen LogP contribution in [0.2, 0.25) is 0 Å². The summed E-state index contributed by atoms with van der Waals surface area (Å²) in [6.45, 7) is 0.109. The summed E-state index contributed by atoms with van der Waals surface area (Å²) in [5.74, 6) is -2.06. The van der Waals surface area contributed by atoms with Crippen molar-refractivity contribution in [3.8, 4) is 0 Å². The van der Waals surface area contributed by atoms with Crippen LogP contribution in [0, 0.1) is 0 Å². The lowest BCUT2D eigenvalue weighted by Crippen LogP contribution is -2.42. The first-order valence-electron chi connectivity index (χ1n) is 6.43. The first kappa shape index (κ1) is 15.4. The number of nitrogens with two attached hydrogens (primary N) is 1. The van der Waals surface area contributed by atoms with E-state index in [1.165, 1.54) is 0 Å². The predicted molar refractivity (Wildman–Crippen MR) is 66.2 cm³/mol. The minimum Gasteiger partial charge on any atom is -0.481 e. The molecule has 0 radical (unpaired) electrons. The molecule has 0 aromatic rings. The highest BCUT2D eigenvalue weighted by molar-refractivity contribution is 5.86. The fraction of sp³-hybridized carbons (Fsp3) is 0.750. The van der Waals surface area contributed by atoms with Gasteiger partial charge in [-0.1, -0.05) is 0 Å². The Kier molecular flexibility index (Phi) is 6.27. The van der Waals surface area contributed by atoms with Gasteiger partial charge in [0, 0.05) is 6.54 Å². The highest BCUT2D eigenvalue weighted by Crippen LogP contribution is 2.21. The molecule has 4 N–H and O–H groups in total. The second-order valence-corrected chi connectivity index (χ2v) is 4.64. The molecule has 0 aliphatic heterocycles. The Labute approximate surface area is 111 Å². The van der Waals surface area contributed by atoms with Crippen LogP contribution in [0.1, 0.15) is 38.5 Å². The Balaban J connectivity index is 2.13. The van der Waals surface area contributed by atoms with Gasteiger partial charge >= 0.3 is 11.9 Å². The van der Waals surface area contributed by atoms with Gasteiger partial charge in [0.15, 0.2) is 0 Å². The van der Waals surface area contributed by atoms with E-state index in [2.05, 4.69) is 5.32 Å². The van der Waals surface area contributed by atoms with E-state index in [4.69, 9.17) is 15.6 Å². The molecule has 1 rings (SSSR count). The SMILES string of the molecule is N[C@H](CC(=O)O)C(=O)NCCC(=O)OC1CCCC1. The molecule has 1 saturated carbocycles. The molecule has 0 saturated heterocycles. The van der Waals surface area contributed by atoms with Crippen molar-refractivity contribution in [2.75, 3.05) is 6.54 Å². The molecule has 19 heavy (non-hydrogen) atoms. The van der Waals surface area contributed by atoms with Crippen LogP contribution in [0.5, 0.6) is 0 Å². The van der Waals surface area contributed by atoms with Gasteiger partial charge in [-0.2, -0.15) is 0 Å². The van der Waals surface area contributed by atoms with Crippen molar-refractivity contribution in [2.24, 2.45) is 5.73 Å². The monoisotopic (exact) mass is 272 g/mol. The van der Waals surface area contributed by atoms with Crippen molar-refractivity contribution in [3.63, 3.8) is 0 Å². The molecule has 0 heterocycles. The fourth-order valence-electron chi connectivity index (χ4n) is 1.95. The summed E-state index contributed by atoms with van der Waals surface area (Å²) in [5, 5.41) is 10.9. The van der Waals surface area contributed by atoms with Crippen LogP contribution in [0.3, 0.4) is 0 Å². The number of ether oxygens (including phenoxy) is 1. The number of hydrogen-bond acceptors (Lipinski definition) is 5.